The van der Waals surface area contributed by atoms with Crippen LogP contribution in [0.5, 0.6) is 0 Å². The Balaban J connectivity index is 1.96. The molecule has 0 atom stereocenters. The number of benzene rings is 2. The minimum absolute atomic E-state index is 0.0336. The number of non-ortho nitro benzene ring substituents is 1. The quantitative estimate of drug-likeness (QED) is 0.358. The van der Waals surface area contributed by atoms with E-state index in [9.17, 15) is 14.9 Å². The summed E-state index contributed by atoms with van der Waals surface area (Å²) in [6, 6.07) is 13.5. The van der Waals surface area contributed by atoms with Gasteiger partial charge in [0.15, 0.2) is 0 Å². The first-order valence-corrected chi connectivity index (χ1v) is 9.00. The number of anilines is 2. The van der Waals surface area contributed by atoms with Gasteiger partial charge in [0.25, 0.3) is 5.69 Å². The van der Waals surface area contributed by atoms with Gasteiger partial charge in [-0.25, -0.2) is 4.79 Å². The van der Waals surface area contributed by atoms with Crippen LogP contribution in [-0.4, -0.2) is 4.92 Å². The lowest BCUT2D eigenvalue weighted by Gasteiger charge is -2.12. The van der Waals surface area contributed by atoms with E-state index in [0.717, 1.165) is 16.8 Å². The zero-order chi connectivity index (χ0) is 20.7. The van der Waals surface area contributed by atoms with Crippen LogP contribution in [0.4, 0.5) is 17.3 Å². The molecule has 146 valence electrons. The van der Waals surface area contributed by atoms with Crippen molar-refractivity contribution in [1.29, 1.82) is 0 Å². The molecule has 0 radical (unpaired) electrons. The first-order valence-electron chi connectivity index (χ1n) is 9.00. The Hall–Kier alpha value is -3.87. The number of furan rings is 1. The summed E-state index contributed by atoms with van der Waals surface area (Å²) in [6.07, 6.45) is 0. The molecule has 0 aliphatic carbocycles. The second-order valence-electron chi connectivity index (χ2n) is 6.89. The average molecular weight is 390 g/mol. The molecule has 0 saturated carbocycles. The van der Waals surface area contributed by atoms with Crippen molar-refractivity contribution in [3.05, 3.63) is 86.0 Å². The molecule has 0 spiro atoms. The second kappa shape index (κ2) is 6.94. The molecule has 0 saturated heterocycles. The van der Waals surface area contributed by atoms with Gasteiger partial charge >= 0.3 is 5.63 Å². The molecule has 2 heterocycles. The van der Waals surface area contributed by atoms with Crippen LogP contribution >= 0.6 is 0 Å². The third-order valence-electron chi connectivity index (χ3n) is 4.81. The van der Waals surface area contributed by atoms with Gasteiger partial charge in [0.1, 0.15) is 16.7 Å². The summed E-state index contributed by atoms with van der Waals surface area (Å²) in [5.41, 5.74) is 3.86. The molecule has 4 rings (SSSR count). The van der Waals surface area contributed by atoms with Gasteiger partial charge in [0.05, 0.1) is 10.5 Å². The van der Waals surface area contributed by atoms with Crippen LogP contribution in [0.25, 0.3) is 22.1 Å². The smallest absolute Gasteiger partial charge is 0.347 e. The number of nitro benzene ring substituents is 1. The zero-order valence-electron chi connectivity index (χ0n) is 16.1. The van der Waals surface area contributed by atoms with E-state index in [2.05, 4.69) is 5.32 Å². The molecule has 7 heteroatoms. The third-order valence-corrected chi connectivity index (χ3v) is 4.81. The lowest BCUT2D eigenvalue weighted by Crippen LogP contribution is -2.01. The number of aryl methyl sites for hydroxylation is 3. The Bertz CT molecular complexity index is 1280. The SMILES string of the molecule is Cc1cc2oc(Nc3c(C)cccc3C)c(-c3ccc([N+](=O)[O-])cc3)c2c(=O)o1. The molecule has 0 unspecified atom stereocenters. The molecule has 29 heavy (non-hydrogen) atoms. The fourth-order valence-corrected chi connectivity index (χ4v) is 3.40. The van der Waals surface area contributed by atoms with Crippen molar-refractivity contribution in [3.8, 4) is 11.1 Å². The van der Waals surface area contributed by atoms with Crippen LogP contribution in [0.2, 0.25) is 0 Å². The van der Waals surface area contributed by atoms with E-state index in [-0.39, 0.29) is 11.1 Å². The monoisotopic (exact) mass is 390 g/mol. The number of fused-ring (bicyclic) bond motifs is 1. The van der Waals surface area contributed by atoms with E-state index in [1.807, 2.05) is 32.0 Å². The maximum atomic E-state index is 12.6. The Morgan fingerprint density at radius 1 is 0.966 bits per heavy atom. The summed E-state index contributed by atoms with van der Waals surface area (Å²) in [5.74, 6) is 0.814. The summed E-state index contributed by atoms with van der Waals surface area (Å²) in [5, 5.41) is 14.6. The Morgan fingerprint density at radius 3 is 2.24 bits per heavy atom. The minimum Gasteiger partial charge on any atom is -0.439 e. The number of hydrogen-bond donors (Lipinski definition) is 1. The fourth-order valence-electron chi connectivity index (χ4n) is 3.40. The highest BCUT2D eigenvalue weighted by Crippen LogP contribution is 2.40. The predicted octanol–water partition coefficient (Wildman–Crippen LogP) is 5.63. The number of nitrogens with one attached hydrogen (secondary N) is 1. The van der Waals surface area contributed by atoms with Gasteiger partial charge in [0.2, 0.25) is 5.88 Å². The van der Waals surface area contributed by atoms with E-state index in [1.54, 1.807) is 25.1 Å². The van der Waals surface area contributed by atoms with Crippen molar-refractivity contribution in [3.63, 3.8) is 0 Å². The summed E-state index contributed by atoms with van der Waals surface area (Å²) >= 11 is 0. The van der Waals surface area contributed by atoms with Gasteiger partial charge in [-0.3, -0.25) is 10.1 Å². The average Bonchev–Trinajstić information content (AvgIpc) is 3.03. The summed E-state index contributed by atoms with van der Waals surface area (Å²) in [7, 11) is 0. The maximum absolute atomic E-state index is 12.6. The predicted molar refractivity (Wildman–Crippen MR) is 111 cm³/mol. The molecule has 7 nitrogen and oxygen atoms in total. The van der Waals surface area contributed by atoms with Crippen molar-refractivity contribution in [2.24, 2.45) is 0 Å². The summed E-state index contributed by atoms with van der Waals surface area (Å²) < 4.78 is 11.3. The van der Waals surface area contributed by atoms with Crippen LogP contribution in [0.1, 0.15) is 16.9 Å². The van der Waals surface area contributed by atoms with Gasteiger partial charge in [-0.2, -0.15) is 0 Å². The van der Waals surface area contributed by atoms with E-state index in [0.29, 0.717) is 28.4 Å². The van der Waals surface area contributed by atoms with E-state index < -0.39 is 10.5 Å². The lowest BCUT2D eigenvalue weighted by molar-refractivity contribution is -0.384. The van der Waals surface area contributed by atoms with Gasteiger partial charge < -0.3 is 14.2 Å². The van der Waals surface area contributed by atoms with Crippen LogP contribution in [0.3, 0.4) is 0 Å². The van der Waals surface area contributed by atoms with Crippen LogP contribution in [0, 0.1) is 30.9 Å². The molecular weight excluding hydrogens is 372 g/mol. The molecule has 0 bridgehead atoms. The van der Waals surface area contributed by atoms with Crippen molar-refractivity contribution in [1.82, 2.24) is 0 Å². The van der Waals surface area contributed by atoms with Gasteiger partial charge in [0, 0.05) is 23.9 Å². The molecular formula is C22H18N2O5. The molecule has 2 aromatic carbocycles. The first kappa shape index (κ1) is 18.5. The van der Waals surface area contributed by atoms with Crippen LogP contribution < -0.4 is 10.9 Å². The second-order valence-corrected chi connectivity index (χ2v) is 6.89. The number of para-hydroxylation sites is 1. The first-order chi connectivity index (χ1) is 13.8. The highest BCUT2D eigenvalue weighted by atomic mass is 16.6. The maximum Gasteiger partial charge on any atom is 0.347 e. The normalized spacial score (nSPS) is 11.0. The molecule has 4 aromatic rings. The van der Waals surface area contributed by atoms with Crippen molar-refractivity contribution >= 4 is 28.2 Å². The van der Waals surface area contributed by atoms with E-state index >= 15 is 0 Å². The lowest BCUT2D eigenvalue weighted by atomic mass is 10.0. The van der Waals surface area contributed by atoms with E-state index in [1.165, 1.54) is 12.1 Å². The van der Waals surface area contributed by atoms with E-state index in [4.69, 9.17) is 8.83 Å². The van der Waals surface area contributed by atoms with Crippen molar-refractivity contribution in [2.45, 2.75) is 20.8 Å². The zero-order valence-corrected chi connectivity index (χ0v) is 16.1. The Morgan fingerprint density at radius 2 is 1.62 bits per heavy atom. The van der Waals surface area contributed by atoms with Gasteiger partial charge in [-0.1, -0.05) is 18.2 Å². The highest BCUT2D eigenvalue weighted by Gasteiger charge is 2.22. The minimum atomic E-state index is -0.522. The molecule has 0 aliphatic rings. The van der Waals surface area contributed by atoms with Crippen molar-refractivity contribution < 1.29 is 13.8 Å². The summed E-state index contributed by atoms with van der Waals surface area (Å²) in [6.45, 7) is 5.62. The number of rotatable bonds is 4. The topological polar surface area (TPSA) is 98.5 Å². The van der Waals surface area contributed by atoms with Crippen LogP contribution in [0.15, 0.2) is 62.2 Å². The number of hydrogen-bond acceptors (Lipinski definition) is 6. The molecule has 2 aromatic heterocycles. The number of nitrogens with zero attached hydrogens (tertiary/aromatic N) is 1. The third kappa shape index (κ3) is 3.27. The standard InChI is InChI=1S/C22H18N2O5/c1-12-5-4-6-13(2)20(12)23-21-18(15-7-9-16(10-8-15)24(26)27)19-17(29-21)11-14(3)28-22(19)25/h4-11,23H,1-3H3. The summed E-state index contributed by atoms with van der Waals surface area (Å²) in [4.78, 5) is 23.1. The number of nitro groups is 1. The van der Waals surface area contributed by atoms with Gasteiger partial charge in [-0.15, -0.1) is 0 Å². The molecule has 1 N–H and O–H groups in total. The fraction of sp³-hybridized carbons (Fsp3) is 0.136. The Kier molecular flexibility index (Phi) is 4.43. The Labute approximate surface area is 165 Å². The molecule has 0 amide bonds. The highest BCUT2D eigenvalue weighted by molar-refractivity contribution is 6.00. The van der Waals surface area contributed by atoms with Gasteiger partial charge in [-0.05, 0) is 49.6 Å². The largest absolute Gasteiger partial charge is 0.439 e. The molecule has 0 fully saturated rings. The van der Waals surface area contributed by atoms with Crippen LogP contribution in [-0.2, 0) is 0 Å². The van der Waals surface area contributed by atoms with Crippen molar-refractivity contribution in [2.75, 3.05) is 5.32 Å². The molecule has 0 aliphatic heterocycles.